The third-order valence-corrected chi connectivity index (χ3v) is 4.77. The summed E-state index contributed by atoms with van der Waals surface area (Å²) in [4.78, 5) is 12.0. The Bertz CT molecular complexity index is 628. The first-order valence-corrected chi connectivity index (χ1v) is 8.68. The molecule has 1 aromatic carbocycles. The molecule has 1 N–H and O–H groups in total. The van der Waals surface area contributed by atoms with E-state index in [1.807, 2.05) is 12.1 Å². The molecule has 21 heavy (non-hydrogen) atoms. The Hall–Kier alpha value is -1.60. The van der Waals surface area contributed by atoms with Gasteiger partial charge in [0.15, 0.2) is 0 Å². The normalized spacial score (nSPS) is 13.9. The summed E-state index contributed by atoms with van der Waals surface area (Å²) in [6.45, 7) is 1.49. The summed E-state index contributed by atoms with van der Waals surface area (Å²) in [5.41, 5.74) is 1.66. The molecule has 0 aliphatic carbocycles. The van der Waals surface area contributed by atoms with Crippen LogP contribution in [0.25, 0.3) is 0 Å². The van der Waals surface area contributed by atoms with E-state index in [-0.39, 0.29) is 5.91 Å². The molecule has 1 heterocycles. The predicted octanol–water partition coefficient (Wildman–Crippen LogP) is 0.633. The lowest BCUT2D eigenvalue weighted by atomic mass is 10.1. The number of nitrogens with one attached hydrogen (secondary N) is 1. The van der Waals surface area contributed by atoms with E-state index in [4.69, 9.17) is 4.74 Å². The molecule has 0 unspecified atom stereocenters. The fourth-order valence-electron chi connectivity index (χ4n) is 2.10. The molecule has 0 aromatic heterocycles. The summed E-state index contributed by atoms with van der Waals surface area (Å²) in [5.74, 6) is 0.702. The lowest BCUT2D eigenvalue weighted by Crippen LogP contribution is -2.30. The Labute approximate surface area is 125 Å². The number of ether oxygens (including phenoxy) is 1. The second kappa shape index (κ2) is 6.44. The number of benzene rings is 1. The van der Waals surface area contributed by atoms with Gasteiger partial charge in [-0.3, -0.25) is 4.79 Å². The second-order valence-electron chi connectivity index (χ2n) is 5.11. The van der Waals surface area contributed by atoms with Crippen LogP contribution in [0.1, 0.15) is 22.3 Å². The van der Waals surface area contributed by atoms with Gasteiger partial charge < -0.3 is 10.1 Å². The Balaban J connectivity index is 1.80. The van der Waals surface area contributed by atoms with Crippen molar-refractivity contribution in [2.45, 2.75) is 12.8 Å². The summed E-state index contributed by atoms with van der Waals surface area (Å²) >= 11 is 0. The zero-order valence-electron chi connectivity index (χ0n) is 12.3. The van der Waals surface area contributed by atoms with E-state index in [1.165, 1.54) is 11.4 Å². The molecule has 116 valence electrons. The summed E-state index contributed by atoms with van der Waals surface area (Å²) in [6.07, 6.45) is 2.57. The van der Waals surface area contributed by atoms with Crippen molar-refractivity contribution in [2.75, 3.05) is 33.0 Å². The van der Waals surface area contributed by atoms with Gasteiger partial charge in [0, 0.05) is 32.1 Å². The molecule has 1 aromatic rings. The van der Waals surface area contributed by atoms with Gasteiger partial charge >= 0.3 is 0 Å². The molecule has 1 amide bonds. The largest absolute Gasteiger partial charge is 0.493 e. The highest BCUT2D eigenvalue weighted by atomic mass is 32.2. The van der Waals surface area contributed by atoms with E-state index in [9.17, 15) is 13.2 Å². The van der Waals surface area contributed by atoms with Crippen LogP contribution in [-0.2, 0) is 16.4 Å². The maximum absolute atomic E-state index is 12.0. The van der Waals surface area contributed by atoms with Crippen LogP contribution in [0.4, 0.5) is 0 Å². The topological polar surface area (TPSA) is 75.7 Å². The van der Waals surface area contributed by atoms with Crippen LogP contribution in [0.15, 0.2) is 18.2 Å². The third-order valence-electron chi connectivity index (χ3n) is 3.45. The van der Waals surface area contributed by atoms with Crippen molar-refractivity contribution in [3.05, 3.63) is 29.3 Å². The van der Waals surface area contributed by atoms with Crippen molar-refractivity contribution in [3.8, 4) is 5.75 Å². The first-order valence-electron chi connectivity index (χ1n) is 6.83. The van der Waals surface area contributed by atoms with E-state index in [0.29, 0.717) is 31.7 Å². The van der Waals surface area contributed by atoms with Crippen LogP contribution in [-0.4, -0.2) is 51.6 Å². The van der Waals surface area contributed by atoms with Gasteiger partial charge in [-0.2, -0.15) is 0 Å². The number of hydrogen-bond acceptors (Lipinski definition) is 4. The molecule has 7 heteroatoms. The van der Waals surface area contributed by atoms with Gasteiger partial charge in [-0.25, -0.2) is 12.7 Å². The first-order chi connectivity index (χ1) is 9.88. The summed E-state index contributed by atoms with van der Waals surface area (Å²) < 4.78 is 29.1. The van der Waals surface area contributed by atoms with Crippen LogP contribution in [0, 0.1) is 0 Å². The van der Waals surface area contributed by atoms with Crippen molar-refractivity contribution in [2.24, 2.45) is 0 Å². The van der Waals surface area contributed by atoms with Crippen molar-refractivity contribution >= 4 is 15.9 Å². The smallest absolute Gasteiger partial charge is 0.251 e. The van der Waals surface area contributed by atoms with Crippen molar-refractivity contribution < 1.29 is 17.9 Å². The number of rotatable bonds is 6. The maximum atomic E-state index is 12.0. The predicted molar refractivity (Wildman–Crippen MR) is 80.1 cm³/mol. The molecular formula is C14H20N2O4S. The Morgan fingerprint density at radius 2 is 2.19 bits per heavy atom. The van der Waals surface area contributed by atoms with Crippen LogP contribution >= 0.6 is 0 Å². The quantitative estimate of drug-likeness (QED) is 0.782. The molecule has 6 nitrogen and oxygen atoms in total. The van der Waals surface area contributed by atoms with Crippen molar-refractivity contribution in [1.29, 1.82) is 0 Å². The molecule has 0 saturated heterocycles. The number of hydrogen-bond donors (Lipinski definition) is 1. The van der Waals surface area contributed by atoms with Gasteiger partial charge in [0.1, 0.15) is 5.75 Å². The monoisotopic (exact) mass is 312 g/mol. The summed E-state index contributed by atoms with van der Waals surface area (Å²) in [5, 5.41) is 2.80. The molecule has 1 aliphatic rings. The van der Waals surface area contributed by atoms with E-state index < -0.39 is 10.0 Å². The highest BCUT2D eigenvalue weighted by Crippen LogP contribution is 2.25. The SMILES string of the molecule is CN(CCCNC(=O)c1ccc2c(c1)CCO2)S(C)(=O)=O. The summed E-state index contributed by atoms with van der Waals surface area (Å²) in [6, 6.07) is 5.40. The highest BCUT2D eigenvalue weighted by Gasteiger charge is 2.15. The van der Waals surface area contributed by atoms with Gasteiger partial charge in [0.05, 0.1) is 12.9 Å². The third kappa shape index (κ3) is 4.18. The van der Waals surface area contributed by atoms with E-state index >= 15 is 0 Å². The fourth-order valence-corrected chi connectivity index (χ4v) is 2.56. The average molecular weight is 312 g/mol. The standard InChI is InChI=1S/C14H20N2O4S/c1-16(21(2,18)19)8-3-7-15-14(17)12-4-5-13-11(10-12)6-9-20-13/h4-5,10H,3,6-9H2,1-2H3,(H,15,17). The minimum Gasteiger partial charge on any atom is -0.493 e. The van der Waals surface area contributed by atoms with Gasteiger partial charge in [-0.1, -0.05) is 0 Å². The fraction of sp³-hybridized carbons (Fsp3) is 0.500. The lowest BCUT2D eigenvalue weighted by Gasteiger charge is -2.13. The van der Waals surface area contributed by atoms with E-state index in [1.54, 1.807) is 6.07 Å². The minimum atomic E-state index is -3.16. The minimum absolute atomic E-state index is 0.147. The molecule has 0 spiro atoms. The Morgan fingerprint density at radius 3 is 2.90 bits per heavy atom. The molecule has 0 fully saturated rings. The average Bonchev–Trinajstić information content (AvgIpc) is 2.89. The van der Waals surface area contributed by atoms with Crippen molar-refractivity contribution in [1.82, 2.24) is 9.62 Å². The van der Waals surface area contributed by atoms with Crippen molar-refractivity contribution in [3.63, 3.8) is 0 Å². The molecular weight excluding hydrogens is 292 g/mol. The van der Waals surface area contributed by atoms with Crippen LogP contribution < -0.4 is 10.1 Å². The molecule has 2 rings (SSSR count). The number of fused-ring (bicyclic) bond motifs is 1. The van der Waals surface area contributed by atoms with Crippen LogP contribution in [0.2, 0.25) is 0 Å². The number of carbonyl (C=O) groups excluding carboxylic acids is 1. The maximum Gasteiger partial charge on any atom is 0.251 e. The van der Waals surface area contributed by atoms with Gasteiger partial charge in [0.2, 0.25) is 10.0 Å². The molecule has 0 radical (unpaired) electrons. The Morgan fingerprint density at radius 1 is 1.43 bits per heavy atom. The van der Waals surface area contributed by atoms with E-state index in [2.05, 4.69) is 5.32 Å². The van der Waals surface area contributed by atoms with Crippen LogP contribution in [0.5, 0.6) is 5.75 Å². The summed E-state index contributed by atoms with van der Waals surface area (Å²) in [7, 11) is -1.63. The van der Waals surface area contributed by atoms with Gasteiger partial charge in [-0.15, -0.1) is 0 Å². The van der Waals surface area contributed by atoms with Crippen LogP contribution in [0.3, 0.4) is 0 Å². The second-order valence-corrected chi connectivity index (χ2v) is 7.20. The van der Waals surface area contributed by atoms with Gasteiger partial charge in [-0.05, 0) is 30.2 Å². The molecule has 1 aliphatic heterocycles. The number of sulfonamides is 1. The van der Waals surface area contributed by atoms with E-state index in [0.717, 1.165) is 24.0 Å². The zero-order chi connectivity index (χ0) is 15.5. The number of nitrogens with zero attached hydrogens (tertiary/aromatic N) is 1. The molecule has 0 saturated carbocycles. The highest BCUT2D eigenvalue weighted by molar-refractivity contribution is 7.88. The lowest BCUT2D eigenvalue weighted by molar-refractivity contribution is 0.0953. The molecule has 0 bridgehead atoms. The molecule has 0 atom stereocenters. The van der Waals surface area contributed by atoms with Gasteiger partial charge in [0.25, 0.3) is 5.91 Å². The number of amides is 1. The zero-order valence-corrected chi connectivity index (χ0v) is 13.1. The first kappa shape index (κ1) is 15.8. The number of carbonyl (C=O) groups is 1. The Kier molecular flexibility index (Phi) is 4.84.